The van der Waals surface area contributed by atoms with Crippen molar-refractivity contribution >= 4 is 34.3 Å². The molecule has 37 heavy (non-hydrogen) atoms. The van der Waals surface area contributed by atoms with Gasteiger partial charge in [0.15, 0.2) is 0 Å². The van der Waals surface area contributed by atoms with Gasteiger partial charge < -0.3 is 21.1 Å². The molecule has 198 valence electrons. The molecule has 3 aromatic heterocycles. The number of amides is 1. The summed E-state index contributed by atoms with van der Waals surface area (Å²) in [6.07, 6.45) is 1.60. The van der Waals surface area contributed by atoms with Crippen molar-refractivity contribution in [2.45, 2.75) is 45.6 Å². The van der Waals surface area contributed by atoms with Gasteiger partial charge in [-0.1, -0.05) is 19.8 Å². The van der Waals surface area contributed by atoms with Crippen molar-refractivity contribution in [2.24, 2.45) is 0 Å². The first-order valence-electron chi connectivity index (χ1n) is 11.3. The summed E-state index contributed by atoms with van der Waals surface area (Å²) in [6.45, 7) is 4.50. The molecular formula is C25H28F4N6O2. The lowest BCUT2D eigenvalue weighted by Gasteiger charge is -2.22. The van der Waals surface area contributed by atoms with Crippen molar-refractivity contribution in [3.05, 3.63) is 47.8 Å². The summed E-state index contributed by atoms with van der Waals surface area (Å²) in [5.41, 5.74) is -0.539. The van der Waals surface area contributed by atoms with E-state index in [1.165, 1.54) is 26.1 Å². The van der Waals surface area contributed by atoms with Crippen LogP contribution in [0.15, 0.2) is 36.7 Å². The van der Waals surface area contributed by atoms with Crippen LogP contribution in [0.1, 0.15) is 43.6 Å². The van der Waals surface area contributed by atoms with Gasteiger partial charge in [-0.05, 0) is 32.0 Å². The van der Waals surface area contributed by atoms with Crippen LogP contribution in [0.4, 0.5) is 34.9 Å². The van der Waals surface area contributed by atoms with E-state index in [1.807, 2.05) is 13.8 Å². The van der Waals surface area contributed by atoms with Gasteiger partial charge in [0.1, 0.15) is 24.4 Å². The molecule has 3 rings (SSSR count). The molecule has 0 fully saturated rings. The summed E-state index contributed by atoms with van der Waals surface area (Å²) >= 11 is 0. The number of rotatable bonds is 8. The van der Waals surface area contributed by atoms with Gasteiger partial charge >= 0.3 is 6.18 Å². The highest BCUT2D eigenvalue weighted by Gasteiger charge is 2.29. The second kappa shape index (κ2) is 12.3. The number of aliphatic hydroxyl groups is 1. The summed E-state index contributed by atoms with van der Waals surface area (Å²) in [5.74, 6) is 2.00. The Morgan fingerprint density at radius 2 is 1.81 bits per heavy atom. The minimum atomic E-state index is -4.56. The van der Waals surface area contributed by atoms with Crippen LogP contribution in [0.3, 0.4) is 0 Å². The van der Waals surface area contributed by atoms with Crippen molar-refractivity contribution < 1.29 is 27.5 Å². The Balaban J connectivity index is 0.00000235. The fraction of sp³-hybridized carbons (Fsp3) is 0.360. The molecule has 0 radical (unpaired) electrons. The molecule has 4 N–H and O–H groups in total. The van der Waals surface area contributed by atoms with Crippen LogP contribution in [0.25, 0.3) is 11.0 Å². The number of fused-ring (bicyclic) bond motifs is 1. The SMILES string of the molecule is C#Cc1cnc2ccc(Nc3cc(NCC(F)(F)F)c(C(=O)NCC(F)C(C)(C)O)cn3)nc2c1.CC. The molecule has 1 atom stereocenters. The molecule has 0 spiro atoms. The summed E-state index contributed by atoms with van der Waals surface area (Å²) < 4.78 is 52.4. The lowest BCUT2D eigenvalue weighted by Crippen LogP contribution is -2.42. The molecule has 0 saturated heterocycles. The first-order chi connectivity index (χ1) is 17.4. The van der Waals surface area contributed by atoms with E-state index in [4.69, 9.17) is 6.42 Å². The highest BCUT2D eigenvalue weighted by Crippen LogP contribution is 2.24. The first-order valence-corrected chi connectivity index (χ1v) is 11.3. The van der Waals surface area contributed by atoms with Crippen LogP contribution < -0.4 is 16.0 Å². The monoisotopic (exact) mass is 520 g/mol. The minimum Gasteiger partial charge on any atom is -0.387 e. The van der Waals surface area contributed by atoms with Gasteiger partial charge in [-0.15, -0.1) is 6.42 Å². The number of anilines is 3. The third kappa shape index (κ3) is 8.57. The fourth-order valence-electron chi connectivity index (χ4n) is 2.86. The minimum absolute atomic E-state index is 0.0963. The van der Waals surface area contributed by atoms with Crippen molar-refractivity contribution in [1.82, 2.24) is 20.3 Å². The number of alkyl halides is 4. The van der Waals surface area contributed by atoms with E-state index in [9.17, 15) is 27.5 Å². The molecule has 0 bridgehead atoms. The Hall–Kier alpha value is -3.98. The maximum absolute atomic E-state index is 14.0. The molecular weight excluding hydrogens is 492 g/mol. The van der Waals surface area contributed by atoms with Crippen LogP contribution in [-0.2, 0) is 0 Å². The average Bonchev–Trinajstić information content (AvgIpc) is 2.85. The number of hydrogen-bond acceptors (Lipinski definition) is 7. The van der Waals surface area contributed by atoms with Gasteiger partial charge in [0.05, 0.1) is 34.4 Å². The Labute approximate surface area is 211 Å². The fourth-order valence-corrected chi connectivity index (χ4v) is 2.86. The molecule has 0 aromatic carbocycles. The van der Waals surface area contributed by atoms with Crippen molar-refractivity contribution in [3.63, 3.8) is 0 Å². The predicted molar refractivity (Wildman–Crippen MR) is 134 cm³/mol. The molecule has 12 heteroatoms. The molecule has 0 aliphatic carbocycles. The summed E-state index contributed by atoms with van der Waals surface area (Å²) in [5, 5.41) is 16.9. The first kappa shape index (κ1) is 29.3. The Morgan fingerprint density at radius 1 is 1.11 bits per heavy atom. The highest BCUT2D eigenvalue weighted by molar-refractivity contribution is 5.99. The number of carbonyl (C=O) groups excluding carboxylic acids is 1. The lowest BCUT2D eigenvalue weighted by atomic mass is 10.0. The third-order valence-electron chi connectivity index (χ3n) is 4.80. The number of hydrogen-bond donors (Lipinski definition) is 4. The predicted octanol–water partition coefficient (Wildman–Crippen LogP) is 4.59. The number of aromatic nitrogens is 3. The number of terminal acetylenes is 1. The zero-order chi connectivity index (χ0) is 27.8. The van der Waals surface area contributed by atoms with Gasteiger partial charge in [0.25, 0.3) is 5.91 Å². The summed E-state index contributed by atoms with van der Waals surface area (Å²) in [6, 6.07) is 6.11. The van der Waals surface area contributed by atoms with E-state index in [1.54, 1.807) is 18.2 Å². The number of nitrogens with zero attached hydrogens (tertiary/aromatic N) is 3. The highest BCUT2D eigenvalue weighted by atomic mass is 19.4. The van der Waals surface area contributed by atoms with E-state index in [-0.39, 0.29) is 17.1 Å². The smallest absolute Gasteiger partial charge is 0.387 e. The molecule has 1 amide bonds. The third-order valence-corrected chi connectivity index (χ3v) is 4.80. The van der Waals surface area contributed by atoms with Crippen molar-refractivity contribution in [2.75, 3.05) is 23.7 Å². The van der Waals surface area contributed by atoms with Gasteiger partial charge in [0, 0.05) is 24.0 Å². The molecule has 3 aromatic rings. The summed E-state index contributed by atoms with van der Waals surface area (Å²) in [4.78, 5) is 25.1. The van der Waals surface area contributed by atoms with E-state index >= 15 is 0 Å². The molecule has 1 unspecified atom stereocenters. The second-order valence-corrected chi connectivity index (χ2v) is 8.14. The molecule has 0 aliphatic heterocycles. The Bertz CT molecular complexity index is 1270. The number of carbonyl (C=O) groups is 1. The molecule has 0 aliphatic rings. The number of nitrogens with one attached hydrogen (secondary N) is 3. The topological polar surface area (TPSA) is 112 Å². The van der Waals surface area contributed by atoms with E-state index in [0.717, 1.165) is 6.20 Å². The van der Waals surface area contributed by atoms with E-state index in [2.05, 4.69) is 36.8 Å². The second-order valence-electron chi connectivity index (χ2n) is 8.14. The van der Waals surface area contributed by atoms with Gasteiger partial charge in [0.2, 0.25) is 0 Å². The normalized spacial score (nSPS) is 12.1. The summed E-state index contributed by atoms with van der Waals surface area (Å²) in [7, 11) is 0. The van der Waals surface area contributed by atoms with Gasteiger partial charge in [-0.2, -0.15) is 13.2 Å². The standard InChI is InChI=1S/C23H22F4N6O2.C2H6/c1-4-13-7-17-15(28-9-13)5-6-19(32-17)33-20-8-16(31-12-23(25,26)27)14(10-29-20)21(34)30-11-18(24)22(2,3)35;1-2/h1,5-10,18,35H,11-12H2,2-3H3,(H,30,34)(H2,29,31,32,33);1-2H3. The molecule has 8 nitrogen and oxygen atoms in total. The number of pyridine rings is 3. The quantitative estimate of drug-likeness (QED) is 0.254. The van der Waals surface area contributed by atoms with Crippen molar-refractivity contribution in [3.8, 4) is 12.3 Å². The van der Waals surface area contributed by atoms with E-state index < -0.39 is 36.9 Å². The van der Waals surface area contributed by atoms with Crippen LogP contribution in [-0.4, -0.2) is 57.0 Å². The lowest BCUT2D eigenvalue weighted by molar-refractivity contribution is -0.115. The Morgan fingerprint density at radius 3 is 2.43 bits per heavy atom. The zero-order valence-electron chi connectivity index (χ0n) is 20.7. The molecule has 3 heterocycles. The van der Waals surface area contributed by atoms with Crippen molar-refractivity contribution in [1.29, 1.82) is 0 Å². The average molecular weight is 521 g/mol. The van der Waals surface area contributed by atoms with Gasteiger partial charge in [-0.3, -0.25) is 9.78 Å². The van der Waals surface area contributed by atoms with Crippen LogP contribution in [0.5, 0.6) is 0 Å². The maximum Gasteiger partial charge on any atom is 0.405 e. The zero-order valence-corrected chi connectivity index (χ0v) is 20.7. The van der Waals surface area contributed by atoms with Crippen LogP contribution in [0.2, 0.25) is 0 Å². The Kier molecular flexibility index (Phi) is 9.74. The van der Waals surface area contributed by atoms with E-state index in [0.29, 0.717) is 22.4 Å². The van der Waals surface area contributed by atoms with Crippen LogP contribution >= 0.6 is 0 Å². The largest absolute Gasteiger partial charge is 0.405 e. The number of halogens is 4. The van der Waals surface area contributed by atoms with Crippen LogP contribution in [0, 0.1) is 12.3 Å². The maximum atomic E-state index is 14.0. The van der Waals surface area contributed by atoms with Gasteiger partial charge in [-0.25, -0.2) is 14.4 Å². The molecule has 0 saturated carbocycles.